The van der Waals surface area contributed by atoms with Crippen LogP contribution in [-0.2, 0) is 9.59 Å². The third kappa shape index (κ3) is 3.54. The Bertz CT molecular complexity index is 441. The number of hydrogen-bond donors (Lipinski definition) is 2. The van der Waals surface area contributed by atoms with Crippen molar-refractivity contribution in [2.24, 2.45) is 5.92 Å². The van der Waals surface area contributed by atoms with Crippen LogP contribution in [0, 0.1) is 5.92 Å². The Morgan fingerprint density at radius 1 is 1.32 bits per heavy atom. The Balaban J connectivity index is 2.17. The molecule has 0 unspecified atom stereocenters. The number of carbonyl (C=O) groups is 2. The number of carbonyl (C=O) groups excluding carboxylic acids is 1. The zero-order chi connectivity index (χ0) is 13.7. The maximum absolute atomic E-state index is 12.5. The summed E-state index contributed by atoms with van der Waals surface area (Å²) in [5.74, 6) is -1.24. The molecule has 0 bridgehead atoms. The molecule has 1 aliphatic heterocycles. The molecule has 1 amide bonds. The number of benzene rings is 1. The number of amides is 1. The van der Waals surface area contributed by atoms with E-state index in [2.05, 4.69) is 5.32 Å². The number of hydrogen-bond acceptors (Lipinski definition) is 3. The average molecular weight is 262 g/mol. The quantitative estimate of drug-likeness (QED) is 0.852. The van der Waals surface area contributed by atoms with Gasteiger partial charge in [-0.2, -0.15) is 0 Å². The molecule has 1 fully saturated rings. The fourth-order valence-corrected chi connectivity index (χ4v) is 2.32. The first-order valence-corrected chi connectivity index (χ1v) is 6.47. The summed E-state index contributed by atoms with van der Waals surface area (Å²) in [7, 11) is 0. The molecule has 0 radical (unpaired) electrons. The highest BCUT2D eigenvalue weighted by Gasteiger charge is 2.27. The molecule has 1 aliphatic rings. The number of aliphatic carboxylic acids is 1. The molecule has 1 atom stereocenters. The van der Waals surface area contributed by atoms with Gasteiger partial charge in [0.05, 0.1) is 5.92 Å². The topological polar surface area (TPSA) is 69.6 Å². The molecule has 1 aromatic carbocycles. The summed E-state index contributed by atoms with van der Waals surface area (Å²) in [5, 5.41) is 12.2. The molecule has 1 aromatic rings. The van der Waals surface area contributed by atoms with Crippen LogP contribution in [0.4, 0.5) is 5.69 Å². The maximum Gasteiger partial charge on any atom is 0.323 e. The first kappa shape index (κ1) is 13.5. The van der Waals surface area contributed by atoms with E-state index in [1.807, 2.05) is 6.07 Å². The normalized spacial score (nSPS) is 18.8. The van der Waals surface area contributed by atoms with Crippen molar-refractivity contribution in [3.63, 3.8) is 0 Å². The molecule has 0 spiro atoms. The molecular formula is C14H18N2O3. The molecule has 0 saturated carbocycles. The summed E-state index contributed by atoms with van der Waals surface area (Å²) >= 11 is 0. The monoisotopic (exact) mass is 262 g/mol. The van der Waals surface area contributed by atoms with Gasteiger partial charge in [-0.1, -0.05) is 18.2 Å². The number of carboxylic acid groups (broad SMARTS) is 1. The molecule has 1 heterocycles. The third-order valence-electron chi connectivity index (χ3n) is 3.27. The summed E-state index contributed by atoms with van der Waals surface area (Å²) in [5.41, 5.74) is 0.639. The van der Waals surface area contributed by atoms with Crippen LogP contribution >= 0.6 is 0 Å². The van der Waals surface area contributed by atoms with Gasteiger partial charge in [-0.15, -0.1) is 0 Å². The Morgan fingerprint density at radius 3 is 2.63 bits per heavy atom. The highest BCUT2D eigenvalue weighted by molar-refractivity contribution is 5.98. The van der Waals surface area contributed by atoms with Crippen molar-refractivity contribution in [3.05, 3.63) is 30.3 Å². The molecule has 1 saturated heterocycles. The van der Waals surface area contributed by atoms with Crippen LogP contribution in [0.2, 0.25) is 0 Å². The zero-order valence-electron chi connectivity index (χ0n) is 10.7. The predicted molar refractivity (Wildman–Crippen MR) is 72.0 cm³/mol. The van der Waals surface area contributed by atoms with Gasteiger partial charge in [0.15, 0.2) is 0 Å². The minimum atomic E-state index is -0.999. The van der Waals surface area contributed by atoms with Gasteiger partial charge < -0.3 is 15.3 Å². The lowest BCUT2D eigenvalue weighted by Crippen LogP contribution is -2.45. The first-order chi connectivity index (χ1) is 9.18. The second-order valence-electron chi connectivity index (χ2n) is 4.70. The van der Waals surface area contributed by atoms with Gasteiger partial charge in [-0.3, -0.25) is 9.59 Å². The maximum atomic E-state index is 12.5. The summed E-state index contributed by atoms with van der Waals surface area (Å²) < 4.78 is 0. The Labute approximate surface area is 112 Å². The standard InChI is InChI=1S/C14H18N2O3/c17-13(18)10-16(12-6-2-1-3-7-12)14(19)11-5-4-8-15-9-11/h1-3,6-7,11,15H,4-5,8-10H2,(H,17,18)/t11-/m1/s1. The van der Waals surface area contributed by atoms with Crippen LogP contribution in [0.1, 0.15) is 12.8 Å². The lowest BCUT2D eigenvalue weighted by Gasteiger charge is -2.28. The van der Waals surface area contributed by atoms with Crippen LogP contribution < -0.4 is 10.2 Å². The Hall–Kier alpha value is -1.88. The van der Waals surface area contributed by atoms with Gasteiger partial charge >= 0.3 is 5.97 Å². The van der Waals surface area contributed by atoms with E-state index < -0.39 is 5.97 Å². The van der Waals surface area contributed by atoms with E-state index in [-0.39, 0.29) is 18.4 Å². The summed E-state index contributed by atoms with van der Waals surface area (Å²) in [4.78, 5) is 24.8. The number of para-hydroxylation sites is 1. The smallest absolute Gasteiger partial charge is 0.323 e. The summed E-state index contributed by atoms with van der Waals surface area (Å²) in [6, 6.07) is 8.97. The van der Waals surface area contributed by atoms with Crippen LogP contribution in [0.15, 0.2) is 30.3 Å². The van der Waals surface area contributed by atoms with Gasteiger partial charge in [-0.25, -0.2) is 0 Å². The van der Waals surface area contributed by atoms with Gasteiger partial charge in [0.25, 0.3) is 0 Å². The number of anilines is 1. The van der Waals surface area contributed by atoms with Crippen molar-refractivity contribution in [1.82, 2.24) is 5.32 Å². The van der Waals surface area contributed by atoms with E-state index in [9.17, 15) is 9.59 Å². The van der Waals surface area contributed by atoms with Gasteiger partial charge in [0.2, 0.25) is 5.91 Å². The molecule has 5 heteroatoms. The van der Waals surface area contributed by atoms with Crippen molar-refractivity contribution in [3.8, 4) is 0 Å². The van der Waals surface area contributed by atoms with E-state index in [1.165, 1.54) is 4.90 Å². The highest BCUT2D eigenvalue weighted by Crippen LogP contribution is 2.19. The average Bonchev–Trinajstić information content (AvgIpc) is 2.46. The van der Waals surface area contributed by atoms with Crippen LogP contribution in [0.3, 0.4) is 0 Å². The molecule has 2 N–H and O–H groups in total. The third-order valence-corrected chi connectivity index (χ3v) is 3.27. The lowest BCUT2D eigenvalue weighted by molar-refractivity contribution is -0.137. The van der Waals surface area contributed by atoms with Gasteiger partial charge in [-0.05, 0) is 31.5 Å². The highest BCUT2D eigenvalue weighted by atomic mass is 16.4. The van der Waals surface area contributed by atoms with E-state index in [1.54, 1.807) is 24.3 Å². The fraction of sp³-hybridized carbons (Fsp3) is 0.429. The number of nitrogens with zero attached hydrogens (tertiary/aromatic N) is 1. The van der Waals surface area contributed by atoms with Crippen molar-refractivity contribution in [2.45, 2.75) is 12.8 Å². The van der Waals surface area contributed by atoms with Crippen molar-refractivity contribution in [1.29, 1.82) is 0 Å². The van der Waals surface area contributed by atoms with E-state index >= 15 is 0 Å². The van der Waals surface area contributed by atoms with Crippen molar-refractivity contribution < 1.29 is 14.7 Å². The molecule has 2 rings (SSSR count). The number of rotatable bonds is 4. The number of carboxylic acids is 1. The van der Waals surface area contributed by atoms with Gasteiger partial charge in [0.1, 0.15) is 6.54 Å². The Kier molecular flexibility index (Phi) is 4.52. The van der Waals surface area contributed by atoms with Crippen molar-refractivity contribution in [2.75, 3.05) is 24.5 Å². The molecular weight excluding hydrogens is 244 g/mol. The van der Waals surface area contributed by atoms with Crippen LogP contribution in [0.25, 0.3) is 0 Å². The van der Waals surface area contributed by atoms with E-state index in [0.717, 1.165) is 19.4 Å². The Morgan fingerprint density at radius 2 is 2.05 bits per heavy atom. The number of piperidine rings is 1. The first-order valence-electron chi connectivity index (χ1n) is 6.47. The minimum absolute atomic E-state index is 0.110. The minimum Gasteiger partial charge on any atom is -0.480 e. The fourth-order valence-electron chi connectivity index (χ4n) is 2.32. The molecule has 102 valence electrons. The van der Waals surface area contributed by atoms with E-state index in [4.69, 9.17) is 5.11 Å². The molecule has 0 aliphatic carbocycles. The largest absolute Gasteiger partial charge is 0.480 e. The lowest BCUT2D eigenvalue weighted by atomic mass is 9.98. The van der Waals surface area contributed by atoms with Crippen molar-refractivity contribution >= 4 is 17.6 Å². The molecule has 5 nitrogen and oxygen atoms in total. The number of nitrogens with one attached hydrogen (secondary N) is 1. The molecule has 0 aromatic heterocycles. The molecule has 19 heavy (non-hydrogen) atoms. The van der Waals surface area contributed by atoms with E-state index in [0.29, 0.717) is 12.2 Å². The zero-order valence-corrected chi connectivity index (χ0v) is 10.7. The predicted octanol–water partition coefficient (Wildman–Crippen LogP) is 1.10. The second kappa shape index (κ2) is 6.33. The SMILES string of the molecule is O=C(O)CN(C(=O)[C@@H]1CCCNC1)c1ccccc1. The van der Waals surface area contributed by atoms with Crippen LogP contribution in [-0.4, -0.2) is 36.6 Å². The van der Waals surface area contributed by atoms with Gasteiger partial charge in [0, 0.05) is 12.2 Å². The summed E-state index contributed by atoms with van der Waals surface area (Å²) in [6.45, 7) is 1.26. The summed E-state index contributed by atoms with van der Waals surface area (Å²) in [6.07, 6.45) is 1.76. The van der Waals surface area contributed by atoms with Crippen LogP contribution in [0.5, 0.6) is 0 Å². The second-order valence-corrected chi connectivity index (χ2v) is 4.70.